The number of hydrogen-bond donors (Lipinski definition) is 3. The summed E-state index contributed by atoms with van der Waals surface area (Å²) in [5.74, 6) is -0.370. The van der Waals surface area contributed by atoms with Crippen LogP contribution in [0.5, 0.6) is 0 Å². The Morgan fingerprint density at radius 1 is 1.07 bits per heavy atom. The van der Waals surface area contributed by atoms with Gasteiger partial charge < -0.3 is 37.9 Å². The van der Waals surface area contributed by atoms with Crippen LogP contribution in [0, 0.1) is 5.82 Å². The van der Waals surface area contributed by atoms with Crippen LogP contribution in [-0.2, 0) is 20.7 Å². The third kappa shape index (κ3) is 9.01. The van der Waals surface area contributed by atoms with E-state index in [0.29, 0.717) is 19.8 Å². The predicted octanol–water partition coefficient (Wildman–Crippen LogP) is -1.19. The van der Waals surface area contributed by atoms with Crippen molar-refractivity contribution in [2.24, 2.45) is 0 Å². The lowest BCUT2D eigenvalue weighted by molar-refractivity contribution is -0.369. The Morgan fingerprint density at radius 3 is 2.46 bits per heavy atom. The first-order valence-electron chi connectivity index (χ1n) is 9.67. The maximum atomic E-state index is 13.4. The Kier molecular flexibility index (Phi) is 12.5. The third-order valence-corrected chi connectivity index (χ3v) is 4.23. The Hall–Kier alpha value is -1.67. The molecule has 6 nitrogen and oxygen atoms in total. The minimum absolute atomic E-state index is 0. The zero-order valence-electron chi connectivity index (χ0n) is 16.3. The molecule has 158 valence electrons. The van der Waals surface area contributed by atoms with Crippen LogP contribution in [0.4, 0.5) is 4.39 Å². The highest BCUT2D eigenvalue weighted by Gasteiger charge is 2.09. The van der Waals surface area contributed by atoms with Gasteiger partial charge in [0, 0.05) is 49.9 Å². The maximum absolute atomic E-state index is 13.4. The number of aromatic amines is 1. The Bertz CT molecular complexity index is 696. The molecule has 1 heterocycles. The largest absolute Gasteiger partial charge is 1.00 e. The molecule has 8 heteroatoms. The third-order valence-electron chi connectivity index (χ3n) is 4.23. The van der Waals surface area contributed by atoms with Crippen LogP contribution in [0.15, 0.2) is 24.4 Å². The predicted molar refractivity (Wildman–Crippen MR) is 103 cm³/mol. The average molecular weight is 416 g/mol. The van der Waals surface area contributed by atoms with Crippen LogP contribution in [-0.4, -0.2) is 50.4 Å². The number of rotatable bonds is 14. The van der Waals surface area contributed by atoms with Crippen molar-refractivity contribution in [1.82, 2.24) is 10.3 Å². The molecule has 28 heavy (non-hydrogen) atoms. The molecule has 0 aliphatic rings. The van der Waals surface area contributed by atoms with Gasteiger partial charge in [-0.3, -0.25) is 4.79 Å². The summed E-state index contributed by atoms with van der Waals surface area (Å²) >= 11 is 0. The highest BCUT2D eigenvalue weighted by Crippen LogP contribution is 2.19. The quantitative estimate of drug-likeness (QED) is 0.339. The molecule has 0 atom stereocenters. The van der Waals surface area contributed by atoms with Crippen LogP contribution in [0.1, 0.15) is 31.2 Å². The van der Waals surface area contributed by atoms with Gasteiger partial charge in [0.15, 0.2) is 0 Å². The molecule has 0 aliphatic heterocycles. The van der Waals surface area contributed by atoms with Gasteiger partial charge in [-0.15, -0.1) is 0 Å². The van der Waals surface area contributed by atoms with E-state index < -0.39 is 0 Å². The van der Waals surface area contributed by atoms with E-state index in [1.807, 2.05) is 0 Å². The number of carbonyl (C=O) groups excluding carboxylic acids is 1. The summed E-state index contributed by atoms with van der Waals surface area (Å²) < 4.78 is 24.4. The lowest BCUT2D eigenvalue weighted by Gasteiger charge is -2.07. The number of quaternary nitrogens is 1. The number of nitrogens with one attached hydrogen (secondary N) is 2. The average Bonchev–Trinajstić information content (AvgIpc) is 3.04. The lowest BCUT2D eigenvalue weighted by Crippen LogP contribution is -3.00. The maximum Gasteiger partial charge on any atom is 0.224 e. The fraction of sp³-hybridized carbons (Fsp3) is 0.550. The first-order chi connectivity index (χ1) is 13.2. The van der Waals surface area contributed by atoms with Crippen LogP contribution in [0.2, 0.25) is 0 Å². The van der Waals surface area contributed by atoms with Gasteiger partial charge in [0.05, 0.1) is 19.6 Å². The molecule has 0 unspecified atom stereocenters. The minimum Gasteiger partial charge on any atom is -1.00 e. The molecule has 1 aromatic heterocycles. The van der Waals surface area contributed by atoms with Crippen molar-refractivity contribution < 1.29 is 36.8 Å². The standard InChI is InChI=1S/C20H30FN3O3.ClH/c21-17-5-6-19-18(14-17)16(15-24-19)13-20(25)23-8-4-12-27-10-2-1-9-26-11-3-7-22;/h5-6,14-15,24H,1-4,7-13,22H2,(H,23,25);1H. The molecule has 0 radical (unpaired) electrons. The lowest BCUT2D eigenvalue weighted by atomic mass is 10.1. The van der Waals surface area contributed by atoms with Crippen LogP contribution in [0.25, 0.3) is 10.9 Å². The van der Waals surface area contributed by atoms with E-state index in [2.05, 4.69) is 16.0 Å². The number of benzene rings is 1. The molecule has 1 aromatic carbocycles. The molecule has 0 spiro atoms. The Morgan fingerprint density at radius 2 is 1.75 bits per heavy atom. The van der Waals surface area contributed by atoms with Crippen molar-refractivity contribution in [1.29, 1.82) is 0 Å². The van der Waals surface area contributed by atoms with Crippen molar-refractivity contribution >= 4 is 16.8 Å². The zero-order valence-corrected chi connectivity index (χ0v) is 17.0. The smallest absolute Gasteiger partial charge is 0.224 e. The second-order valence-electron chi connectivity index (χ2n) is 6.52. The van der Waals surface area contributed by atoms with E-state index in [4.69, 9.17) is 9.47 Å². The van der Waals surface area contributed by atoms with Crippen molar-refractivity contribution in [3.05, 3.63) is 35.8 Å². The monoisotopic (exact) mass is 415 g/mol. The van der Waals surface area contributed by atoms with Crippen LogP contribution < -0.4 is 23.5 Å². The second-order valence-corrected chi connectivity index (χ2v) is 6.52. The SMILES string of the molecule is [Cl-].[NH3+]CCCOCCCCOCCCNC(=O)Cc1c[nH]c2ccc(F)cc12. The normalized spacial score (nSPS) is 10.8. The molecule has 0 saturated heterocycles. The van der Waals surface area contributed by atoms with Gasteiger partial charge in [0.2, 0.25) is 5.91 Å². The van der Waals surface area contributed by atoms with E-state index in [1.165, 1.54) is 12.1 Å². The molecule has 0 saturated carbocycles. The fourth-order valence-corrected chi connectivity index (χ4v) is 2.75. The molecule has 0 fully saturated rings. The number of H-pyrrole nitrogens is 1. The van der Waals surface area contributed by atoms with Gasteiger partial charge >= 0.3 is 0 Å². The van der Waals surface area contributed by atoms with Crippen LogP contribution in [0.3, 0.4) is 0 Å². The first kappa shape index (κ1) is 24.4. The topological polar surface area (TPSA) is 91.0 Å². The number of halogens is 2. The van der Waals surface area contributed by atoms with Gasteiger partial charge in [-0.05, 0) is 43.0 Å². The number of unbranched alkanes of at least 4 members (excludes halogenated alkanes) is 1. The highest BCUT2D eigenvalue weighted by molar-refractivity contribution is 5.88. The van der Waals surface area contributed by atoms with Crippen molar-refractivity contribution in [2.75, 3.05) is 39.5 Å². The Labute approximate surface area is 171 Å². The van der Waals surface area contributed by atoms with Gasteiger partial charge in [-0.1, -0.05) is 0 Å². The van der Waals surface area contributed by atoms with E-state index in [0.717, 1.165) is 61.9 Å². The van der Waals surface area contributed by atoms with Crippen LogP contribution >= 0.6 is 0 Å². The first-order valence-corrected chi connectivity index (χ1v) is 9.67. The molecular formula is C20H31ClFN3O3. The van der Waals surface area contributed by atoms with Crippen molar-refractivity contribution in [3.8, 4) is 0 Å². The highest BCUT2D eigenvalue weighted by atomic mass is 35.5. The van der Waals surface area contributed by atoms with E-state index >= 15 is 0 Å². The van der Waals surface area contributed by atoms with E-state index in [9.17, 15) is 9.18 Å². The Balaban J connectivity index is 0.00000392. The number of hydrogen-bond acceptors (Lipinski definition) is 3. The zero-order chi connectivity index (χ0) is 19.3. The fourth-order valence-electron chi connectivity index (χ4n) is 2.75. The summed E-state index contributed by atoms with van der Waals surface area (Å²) in [4.78, 5) is 15.1. The van der Waals surface area contributed by atoms with Gasteiger partial charge in [-0.2, -0.15) is 0 Å². The molecule has 0 aliphatic carbocycles. The van der Waals surface area contributed by atoms with E-state index in [-0.39, 0.29) is 30.6 Å². The summed E-state index contributed by atoms with van der Waals surface area (Å²) in [6, 6.07) is 4.53. The second kappa shape index (κ2) is 14.3. The number of ether oxygens (including phenoxy) is 2. The summed E-state index contributed by atoms with van der Waals surface area (Å²) in [7, 11) is 0. The minimum atomic E-state index is -0.300. The van der Waals surface area contributed by atoms with Gasteiger partial charge in [0.25, 0.3) is 0 Å². The molecule has 0 bridgehead atoms. The summed E-state index contributed by atoms with van der Waals surface area (Å²) in [5, 5.41) is 3.63. The van der Waals surface area contributed by atoms with Crippen molar-refractivity contribution in [3.63, 3.8) is 0 Å². The molecule has 1 amide bonds. The number of aromatic nitrogens is 1. The number of carbonyl (C=O) groups is 1. The van der Waals surface area contributed by atoms with E-state index in [1.54, 1.807) is 12.3 Å². The number of fused-ring (bicyclic) bond motifs is 1. The van der Waals surface area contributed by atoms with Gasteiger partial charge in [0.1, 0.15) is 5.82 Å². The molecule has 2 rings (SSSR count). The molecule has 5 N–H and O–H groups in total. The molecule has 2 aromatic rings. The molecular weight excluding hydrogens is 385 g/mol. The van der Waals surface area contributed by atoms with Gasteiger partial charge in [-0.25, -0.2) is 4.39 Å². The summed E-state index contributed by atoms with van der Waals surface area (Å²) in [5.41, 5.74) is 5.41. The summed E-state index contributed by atoms with van der Waals surface area (Å²) in [6.45, 7) is 4.40. The summed E-state index contributed by atoms with van der Waals surface area (Å²) in [6.07, 6.45) is 5.76. The number of amides is 1. The van der Waals surface area contributed by atoms with Crippen molar-refractivity contribution in [2.45, 2.75) is 32.1 Å².